The van der Waals surface area contributed by atoms with Crippen molar-refractivity contribution in [1.29, 1.82) is 0 Å². The second kappa shape index (κ2) is 3.80. The maximum Gasteiger partial charge on any atom is 0.0855 e. The Morgan fingerprint density at radius 1 is 1.36 bits per heavy atom. The summed E-state index contributed by atoms with van der Waals surface area (Å²) in [6, 6.07) is 0.599. The Balaban J connectivity index is 1.96. The zero-order chi connectivity index (χ0) is 10.2. The molecule has 0 aromatic heterocycles. The molecule has 2 heterocycles. The molecule has 2 saturated heterocycles. The number of nitrogens with one attached hydrogen (secondary N) is 1. The standard InChI is InChI=1S/C11H22N2O/c1-11(2,3)13-6-4-9-10(8-13)14-7-5-12-9/h9-10,12H,4-8H2,1-3H3. The summed E-state index contributed by atoms with van der Waals surface area (Å²) in [5.74, 6) is 0. The van der Waals surface area contributed by atoms with Crippen molar-refractivity contribution >= 4 is 0 Å². The minimum absolute atomic E-state index is 0.284. The molecule has 2 unspecified atom stereocenters. The number of hydrogen-bond donors (Lipinski definition) is 1. The quantitative estimate of drug-likeness (QED) is 0.624. The lowest BCUT2D eigenvalue weighted by Gasteiger charge is -2.46. The van der Waals surface area contributed by atoms with E-state index >= 15 is 0 Å². The molecule has 0 radical (unpaired) electrons. The lowest BCUT2D eigenvalue weighted by molar-refractivity contribution is -0.0660. The summed E-state index contributed by atoms with van der Waals surface area (Å²) < 4.78 is 5.80. The summed E-state index contributed by atoms with van der Waals surface area (Å²) in [4.78, 5) is 2.53. The van der Waals surface area contributed by atoms with Crippen LogP contribution in [0, 0.1) is 0 Å². The number of rotatable bonds is 0. The van der Waals surface area contributed by atoms with Crippen LogP contribution in [0.3, 0.4) is 0 Å². The number of ether oxygens (including phenoxy) is 1. The predicted molar refractivity (Wildman–Crippen MR) is 57.5 cm³/mol. The third-order valence-electron chi connectivity index (χ3n) is 3.35. The molecule has 2 fully saturated rings. The van der Waals surface area contributed by atoms with Crippen molar-refractivity contribution in [3.8, 4) is 0 Å². The summed E-state index contributed by atoms with van der Waals surface area (Å²) in [6.07, 6.45) is 1.64. The van der Waals surface area contributed by atoms with Gasteiger partial charge in [-0.25, -0.2) is 0 Å². The first-order valence-corrected chi connectivity index (χ1v) is 5.67. The second-order valence-electron chi connectivity index (χ2n) is 5.38. The van der Waals surface area contributed by atoms with Gasteiger partial charge in [0, 0.05) is 31.2 Å². The average molecular weight is 198 g/mol. The monoisotopic (exact) mass is 198 g/mol. The molecule has 0 aromatic rings. The smallest absolute Gasteiger partial charge is 0.0855 e. The van der Waals surface area contributed by atoms with Gasteiger partial charge in [0.15, 0.2) is 0 Å². The zero-order valence-electron chi connectivity index (χ0n) is 9.55. The first kappa shape index (κ1) is 10.4. The zero-order valence-corrected chi connectivity index (χ0v) is 9.55. The first-order valence-electron chi connectivity index (χ1n) is 5.67. The molecule has 3 heteroatoms. The average Bonchev–Trinajstić information content (AvgIpc) is 2.16. The fourth-order valence-corrected chi connectivity index (χ4v) is 2.38. The van der Waals surface area contributed by atoms with Crippen LogP contribution < -0.4 is 5.32 Å². The third-order valence-corrected chi connectivity index (χ3v) is 3.35. The van der Waals surface area contributed by atoms with Crippen molar-refractivity contribution in [2.24, 2.45) is 0 Å². The van der Waals surface area contributed by atoms with Crippen LogP contribution in [0.2, 0.25) is 0 Å². The summed E-state index contributed by atoms with van der Waals surface area (Å²) in [5, 5.41) is 3.54. The lowest BCUT2D eigenvalue weighted by Crippen LogP contribution is -2.60. The molecule has 3 nitrogen and oxygen atoms in total. The van der Waals surface area contributed by atoms with Crippen molar-refractivity contribution in [1.82, 2.24) is 10.2 Å². The Morgan fingerprint density at radius 3 is 2.86 bits per heavy atom. The molecule has 82 valence electrons. The van der Waals surface area contributed by atoms with Gasteiger partial charge in [0.25, 0.3) is 0 Å². The van der Waals surface area contributed by atoms with E-state index in [2.05, 4.69) is 31.0 Å². The number of likely N-dealkylation sites (tertiary alicyclic amines) is 1. The minimum atomic E-state index is 0.284. The highest BCUT2D eigenvalue weighted by Gasteiger charge is 2.35. The third kappa shape index (κ3) is 2.10. The SMILES string of the molecule is CC(C)(C)N1CCC2NCCOC2C1. The number of morpholine rings is 1. The summed E-state index contributed by atoms with van der Waals surface area (Å²) in [6.45, 7) is 11.0. The van der Waals surface area contributed by atoms with Gasteiger partial charge in [-0.2, -0.15) is 0 Å². The largest absolute Gasteiger partial charge is 0.374 e. The molecule has 0 amide bonds. The normalized spacial score (nSPS) is 35.4. The van der Waals surface area contributed by atoms with Gasteiger partial charge in [-0.15, -0.1) is 0 Å². The van der Waals surface area contributed by atoms with Crippen LogP contribution in [0.5, 0.6) is 0 Å². The van der Waals surface area contributed by atoms with Crippen molar-refractivity contribution in [3.05, 3.63) is 0 Å². The van der Waals surface area contributed by atoms with Crippen LogP contribution in [0.1, 0.15) is 27.2 Å². The Bertz CT molecular complexity index is 200. The number of fused-ring (bicyclic) bond motifs is 1. The molecule has 0 aliphatic carbocycles. The summed E-state index contributed by atoms with van der Waals surface area (Å²) in [5.41, 5.74) is 0.284. The van der Waals surface area contributed by atoms with Crippen molar-refractivity contribution in [2.45, 2.75) is 44.9 Å². The van der Waals surface area contributed by atoms with E-state index in [4.69, 9.17) is 4.74 Å². The fourth-order valence-electron chi connectivity index (χ4n) is 2.38. The Labute approximate surface area is 86.8 Å². The number of nitrogens with zero attached hydrogens (tertiary/aromatic N) is 1. The lowest BCUT2D eigenvalue weighted by atomic mass is 9.95. The van der Waals surface area contributed by atoms with Crippen molar-refractivity contribution in [3.63, 3.8) is 0 Å². The Hall–Kier alpha value is -0.120. The van der Waals surface area contributed by atoms with E-state index in [-0.39, 0.29) is 5.54 Å². The first-order chi connectivity index (χ1) is 6.57. The molecule has 1 N–H and O–H groups in total. The van der Waals surface area contributed by atoms with Gasteiger partial charge in [0.2, 0.25) is 0 Å². The van der Waals surface area contributed by atoms with Gasteiger partial charge >= 0.3 is 0 Å². The van der Waals surface area contributed by atoms with Gasteiger partial charge in [-0.1, -0.05) is 0 Å². The molecule has 2 aliphatic rings. The molecule has 0 bridgehead atoms. The maximum atomic E-state index is 5.80. The van der Waals surface area contributed by atoms with Crippen molar-refractivity contribution in [2.75, 3.05) is 26.2 Å². The van der Waals surface area contributed by atoms with Gasteiger partial charge in [-0.05, 0) is 27.2 Å². The van der Waals surface area contributed by atoms with E-state index in [1.165, 1.54) is 13.0 Å². The van der Waals surface area contributed by atoms with Crippen molar-refractivity contribution < 1.29 is 4.74 Å². The molecular weight excluding hydrogens is 176 g/mol. The van der Waals surface area contributed by atoms with E-state index in [9.17, 15) is 0 Å². The van der Waals surface area contributed by atoms with Crippen LogP contribution in [0.15, 0.2) is 0 Å². The van der Waals surface area contributed by atoms with E-state index in [0.717, 1.165) is 19.7 Å². The fraction of sp³-hybridized carbons (Fsp3) is 1.00. The van der Waals surface area contributed by atoms with Gasteiger partial charge in [0.05, 0.1) is 12.7 Å². The molecular formula is C11H22N2O. The van der Waals surface area contributed by atoms with Crippen LogP contribution in [0.25, 0.3) is 0 Å². The highest BCUT2D eigenvalue weighted by atomic mass is 16.5. The number of hydrogen-bond acceptors (Lipinski definition) is 3. The van der Waals surface area contributed by atoms with E-state index in [1.807, 2.05) is 0 Å². The predicted octanol–water partition coefficient (Wildman–Crippen LogP) is 0.848. The van der Waals surface area contributed by atoms with Gasteiger partial charge in [-0.3, -0.25) is 4.90 Å². The molecule has 2 aliphatic heterocycles. The highest BCUT2D eigenvalue weighted by Crippen LogP contribution is 2.23. The number of piperidine rings is 1. The highest BCUT2D eigenvalue weighted by molar-refractivity contribution is 4.92. The molecule has 2 rings (SSSR count). The maximum absolute atomic E-state index is 5.80. The second-order valence-corrected chi connectivity index (χ2v) is 5.38. The van der Waals surface area contributed by atoms with Crippen LogP contribution >= 0.6 is 0 Å². The van der Waals surface area contributed by atoms with Gasteiger partial charge in [0.1, 0.15) is 0 Å². The molecule has 14 heavy (non-hydrogen) atoms. The van der Waals surface area contributed by atoms with Crippen LogP contribution in [-0.2, 0) is 4.74 Å². The molecule has 0 spiro atoms. The Morgan fingerprint density at radius 2 is 2.14 bits per heavy atom. The van der Waals surface area contributed by atoms with Crippen LogP contribution in [0.4, 0.5) is 0 Å². The van der Waals surface area contributed by atoms with Gasteiger partial charge < -0.3 is 10.1 Å². The minimum Gasteiger partial charge on any atom is -0.374 e. The summed E-state index contributed by atoms with van der Waals surface area (Å²) >= 11 is 0. The summed E-state index contributed by atoms with van der Waals surface area (Å²) in [7, 11) is 0. The Kier molecular flexibility index (Phi) is 2.82. The van der Waals surface area contributed by atoms with Crippen LogP contribution in [-0.4, -0.2) is 48.8 Å². The molecule has 0 aromatic carbocycles. The topological polar surface area (TPSA) is 24.5 Å². The van der Waals surface area contributed by atoms with E-state index in [1.54, 1.807) is 0 Å². The van der Waals surface area contributed by atoms with E-state index in [0.29, 0.717) is 12.1 Å². The molecule has 2 atom stereocenters. The van der Waals surface area contributed by atoms with E-state index < -0.39 is 0 Å². The molecule has 0 saturated carbocycles.